The number of aryl methyl sites for hydroxylation is 2. The second-order valence-electron chi connectivity index (χ2n) is 6.04. The van der Waals surface area contributed by atoms with Gasteiger partial charge >= 0.3 is 5.69 Å². The van der Waals surface area contributed by atoms with Crippen molar-refractivity contribution in [3.8, 4) is 11.3 Å². The molecule has 0 saturated heterocycles. The standard InChI is InChI=1S/C16H19N5O2/c1-7(2)21-10(5)12(9(4)20-21)11-6-8(3)13-14(17-11)15(22)19-16(23)18-13/h6-7H,1-5H3,(H2,18,19,22,23). The molecule has 0 spiro atoms. The molecule has 3 aromatic rings. The molecular formula is C16H19N5O2. The van der Waals surface area contributed by atoms with Crippen LogP contribution in [0.3, 0.4) is 0 Å². The van der Waals surface area contributed by atoms with Crippen molar-refractivity contribution in [2.45, 2.75) is 40.7 Å². The molecule has 120 valence electrons. The maximum Gasteiger partial charge on any atom is 0.326 e. The van der Waals surface area contributed by atoms with Crippen LogP contribution in [0.15, 0.2) is 15.7 Å². The highest BCUT2D eigenvalue weighted by atomic mass is 16.2. The van der Waals surface area contributed by atoms with Crippen LogP contribution < -0.4 is 11.2 Å². The van der Waals surface area contributed by atoms with Crippen LogP contribution in [0, 0.1) is 20.8 Å². The zero-order chi connectivity index (χ0) is 16.9. The molecule has 7 nitrogen and oxygen atoms in total. The number of nitrogens with zero attached hydrogens (tertiary/aromatic N) is 3. The van der Waals surface area contributed by atoms with E-state index < -0.39 is 11.2 Å². The first-order chi connectivity index (χ1) is 10.8. The van der Waals surface area contributed by atoms with E-state index in [9.17, 15) is 9.59 Å². The molecule has 0 fully saturated rings. The molecule has 23 heavy (non-hydrogen) atoms. The predicted octanol–water partition coefficient (Wildman–Crippen LogP) is 1.98. The van der Waals surface area contributed by atoms with Crippen LogP contribution in [0.2, 0.25) is 0 Å². The van der Waals surface area contributed by atoms with Gasteiger partial charge in [-0.2, -0.15) is 5.10 Å². The van der Waals surface area contributed by atoms with Crippen molar-refractivity contribution < 1.29 is 0 Å². The zero-order valence-corrected chi connectivity index (χ0v) is 13.8. The average Bonchev–Trinajstić information content (AvgIpc) is 2.75. The molecule has 0 unspecified atom stereocenters. The van der Waals surface area contributed by atoms with E-state index in [-0.39, 0.29) is 11.6 Å². The molecule has 2 N–H and O–H groups in total. The number of nitrogens with one attached hydrogen (secondary N) is 2. The molecule has 0 aliphatic rings. The molecule has 3 rings (SSSR count). The minimum absolute atomic E-state index is 0.232. The van der Waals surface area contributed by atoms with Gasteiger partial charge < -0.3 is 4.98 Å². The lowest BCUT2D eigenvalue weighted by molar-refractivity contribution is 0.516. The van der Waals surface area contributed by atoms with Gasteiger partial charge in [0.1, 0.15) is 0 Å². The third kappa shape index (κ3) is 2.38. The largest absolute Gasteiger partial charge is 0.326 e. The lowest BCUT2D eigenvalue weighted by Crippen LogP contribution is -2.23. The quantitative estimate of drug-likeness (QED) is 0.756. The lowest BCUT2D eigenvalue weighted by atomic mass is 10.1. The SMILES string of the molecule is Cc1nn(C(C)C)c(C)c1-c1cc(C)c2[nH]c(=O)[nH]c(=O)c2n1. The highest BCUT2D eigenvalue weighted by molar-refractivity contribution is 5.81. The molecule has 0 radical (unpaired) electrons. The fraction of sp³-hybridized carbons (Fsp3) is 0.375. The van der Waals surface area contributed by atoms with Gasteiger partial charge in [-0.25, -0.2) is 9.78 Å². The fourth-order valence-electron chi connectivity index (χ4n) is 2.97. The normalized spacial score (nSPS) is 11.6. The lowest BCUT2D eigenvalue weighted by Gasteiger charge is -2.09. The smallest absolute Gasteiger partial charge is 0.305 e. The van der Waals surface area contributed by atoms with E-state index in [0.29, 0.717) is 11.2 Å². The van der Waals surface area contributed by atoms with Crippen LogP contribution in [-0.4, -0.2) is 24.7 Å². The summed E-state index contributed by atoms with van der Waals surface area (Å²) in [5, 5.41) is 4.57. The first-order valence-electron chi connectivity index (χ1n) is 7.49. The Morgan fingerprint density at radius 2 is 1.83 bits per heavy atom. The number of fused-ring (bicyclic) bond motifs is 1. The van der Waals surface area contributed by atoms with Crippen LogP contribution >= 0.6 is 0 Å². The summed E-state index contributed by atoms with van der Waals surface area (Å²) in [7, 11) is 0. The molecule has 0 aromatic carbocycles. The monoisotopic (exact) mass is 313 g/mol. The van der Waals surface area contributed by atoms with Gasteiger partial charge in [0.05, 0.1) is 16.9 Å². The van der Waals surface area contributed by atoms with Crippen molar-refractivity contribution >= 4 is 11.0 Å². The summed E-state index contributed by atoms with van der Waals surface area (Å²) in [4.78, 5) is 32.8. The van der Waals surface area contributed by atoms with Gasteiger partial charge in [-0.1, -0.05) is 0 Å². The molecule has 0 amide bonds. The Kier molecular flexibility index (Phi) is 3.43. The highest BCUT2D eigenvalue weighted by Crippen LogP contribution is 2.29. The number of H-pyrrole nitrogens is 2. The number of pyridine rings is 1. The fourth-order valence-corrected chi connectivity index (χ4v) is 2.97. The van der Waals surface area contributed by atoms with Crippen LogP contribution in [0.25, 0.3) is 22.3 Å². The Balaban J connectivity index is 2.35. The maximum atomic E-state index is 12.1. The van der Waals surface area contributed by atoms with Crippen LogP contribution in [-0.2, 0) is 0 Å². The van der Waals surface area contributed by atoms with Crippen molar-refractivity contribution in [3.05, 3.63) is 43.9 Å². The summed E-state index contributed by atoms with van der Waals surface area (Å²) in [6.45, 7) is 9.91. The first-order valence-corrected chi connectivity index (χ1v) is 7.49. The van der Waals surface area contributed by atoms with E-state index >= 15 is 0 Å². The van der Waals surface area contributed by atoms with Crippen molar-refractivity contribution in [3.63, 3.8) is 0 Å². The molecule has 0 aliphatic carbocycles. The Bertz CT molecular complexity index is 1020. The van der Waals surface area contributed by atoms with Crippen LogP contribution in [0.1, 0.15) is 36.8 Å². The topological polar surface area (TPSA) is 96.4 Å². The second kappa shape index (κ2) is 5.19. The third-order valence-corrected chi connectivity index (χ3v) is 3.97. The number of hydrogen-bond donors (Lipinski definition) is 2. The molecule has 3 aromatic heterocycles. The minimum Gasteiger partial charge on any atom is -0.305 e. The van der Waals surface area contributed by atoms with Gasteiger partial charge in [0.15, 0.2) is 5.52 Å². The van der Waals surface area contributed by atoms with Gasteiger partial charge in [0, 0.05) is 17.3 Å². The maximum absolute atomic E-state index is 12.1. The molecule has 0 saturated carbocycles. The molecule has 0 bridgehead atoms. The van der Waals surface area contributed by atoms with E-state index in [0.717, 1.165) is 22.5 Å². The minimum atomic E-state index is -0.528. The Labute approximate surface area is 132 Å². The number of aromatic amines is 2. The van der Waals surface area contributed by atoms with E-state index in [1.54, 1.807) is 0 Å². The predicted molar refractivity (Wildman–Crippen MR) is 88.8 cm³/mol. The van der Waals surface area contributed by atoms with Crippen molar-refractivity contribution in [2.75, 3.05) is 0 Å². The van der Waals surface area contributed by atoms with E-state index in [1.807, 2.05) is 31.5 Å². The summed E-state index contributed by atoms with van der Waals surface area (Å²) < 4.78 is 1.95. The second-order valence-corrected chi connectivity index (χ2v) is 6.04. The van der Waals surface area contributed by atoms with Gasteiger partial charge in [0.25, 0.3) is 5.56 Å². The molecule has 0 aliphatic heterocycles. The summed E-state index contributed by atoms with van der Waals surface area (Å²) in [6.07, 6.45) is 0. The van der Waals surface area contributed by atoms with E-state index in [1.165, 1.54) is 0 Å². The molecular weight excluding hydrogens is 294 g/mol. The van der Waals surface area contributed by atoms with Crippen molar-refractivity contribution in [2.24, 2.45) is 0 Å². The molecule has 3 heterocycles. The molecule has 0 atom stereocenters. The van der Waals surface area contributed by atoms with Gasteiger partial charge in [-0.05, 0) is 46.2 Å². The van der Waals surface area contributed by atoms with Crippen LogP contribution in [0.5, 0.6) is 0 Å². The number of aromatic nitrogens is 5. The third-order valence-electron chi connectivity index (χ3n) is 3.97. The summed E-state index contributed by atoms with van der Waals surface area (Å²) in [6, 6.07) is 2.11. The first kappa shape index (κ1) is 15.2. The highest BCUT2D eigenvalue weighted by Gasteiger charge is 2.18. The Morgan fingerprint density at radius 3 is 2.43 bits per heavy atom. The summed E-state index contributed by atoms with van der Waals surface area (Å²) in [5.74, 6) is 0. The van der Waals surface area contributed by atoms with Gasteiger partial charge in [0.2, 0.25) is 0 Å². The van der Waals surface area contributed by atoms with Crippen LogP contribution in [0.4, 0.5) is 0 Å². The number of rotatable bonds is 2. The summed E-state index contributed by atoms with van der Waals surface area (Å²) in [5.41, 5.74) is 3.96. The van der Waals surface area contributed by atoms with Crippen molar-refractivity contribution in [1.29, 1.82) is 0 Å². The van der Waals surface area contributed by atoms with E-state index in [4.69, 9.17) is 0 Å². The number of hydrogen-bond acceptors (Lipinski definition) is 4. The van der Waals surface area contributed by atoms with E-state index in [2.05, 4.69) is 33.9 Å². The molecule has 7 heteroatoms. The summed E-state index contributed by atoms with van der Waals surface area (Å²) >= 11 is 0. The Hall–Kier alpha value is -2.70. The zero-order valence-electron chi connectivity index (χ0n) is 13.8. The van der Waals surface area contributed by atoms with Gasteiger partial charge in [-0.3, -0.25) is 14.5 Å². The van der Waals surface area contributed by atoms with Gasteiger partial charge in [-0.15, -0.1) is 0 Å². The van der Waals surface area contributed by atoms with Crippen molar-refractivity contribution in [1.82, 2.24) is 24.7 Å². The Morgan fingerprint density at radius 1 is 1.13 bits per heavy atom. The average molecular weight is 313 g/mol.